The maximum absolute atomic E-state index is 13.0. The Morgan fingerprint density at radius 1 is 0.946 bits per heavy atom. The number of urea groups is 1. The zero-order valence-corrected chi connectivity index (χ0v) is 22.5. The fraction of sp³-hybridized carbons (Fsp3) is 0.444. The number of carbonyl (C=O) groups excluding carboxylic acids is 2. The molecule has 4 rings (SSSR count). The van der Waals surface area contributed by atoms with E-state index >= 15 is 0 Å². The smallest absolute Gasteiger partial charge is 0.335 e. The number of aliphatic hydroxyl groups is 1. The topological polar surface area (TPSA) is 119 Å². The van der Waals surface area contributed by atoms with Crippen molar-refractivity contribution in [2.75, 3.05) is 20.6 Å². The lowest BCUT2D eigenvalue weighted by Crippen LogP contribution is -2.41. The van der Waals surface area contributed by atoms with Gasteiger partial charge in [-0.1, -0.05) is 35.3 Å². The summed E-state index contributed by atoms with van der Waals surface area (Å²) in [4.78, 5) is 36.0. The molecule has 2 aromatic carbocycles. The third-order valence-electron chi connectivity index (χ3n) is 6.97. The summed E-state index contributed by atoms with van der Waals surface area (Å²) < 4.78 is 0. The highest BCUT2D eigenvalue weighted by Gasteiger charge is 2.37. The highest BCUT2D eigenvalue weighted by Crippen LogP contribution is 2.36. The number of nitrogens with zero attached hydrogens (tertiary/aromatic N) is 1. The van der Waals surface area contributed by atoms with E-state index in [2.05, 4.69) is 10.6 Å². The Morgan fingerprint density at radius 3 is 2.00 bits per heavy atom. The number of carboxylic acid groups (broad SMARTS) is 1. The van der Waals surface area contributed by atoms with E-state index in [-0.39, 0.29) is 35.6 Å². The number of carboxylic acids is 1. The van der Waals surface area contributed by atoms with Gasteiger partial charge in [-0.2, -0.15) is 0 Å². The van der Waals surface area contributed by atoms with Crippen molar-refractivity contribution in [1.82, 2.24) is 15.5 Å². The molecule has 3 amide bonds. The van der Waals surface area contributed by atoms with Gasteiger partial charge < -0.3 is 25.7 Å². The largest absolute Gasteiger partial charge is 0.478 e. The molecule has 2 fully saturated rings. The maximum Gasteiger partial charge on any atom is 0.335 e. The lowest BCUT2D eigenvalue weighted by atomic mass is 9.92. The number of nitrogens with one attached hydrogen (secondary N) is 2. The fourth-order valence-electron chi connectivity index (χ4n) is 4.83. The van der Waals surface area contributed by atoms with Crippen LogP contribution < -0.4 is 10.6 Å². The van der Waals surface area contributed by atoms with Gasteiger partial charge in [0.25, 0.3) is 0 Å². The van der Waals surface area contributed by atoms with Crippen LogP contribution in [0.3, 0.4) is 0 Å². The minimum absolute atomic E-state index is 0.137. The van der Waals surface area contributed by atoms with Crippen LogP contribution in [0.25, 0.3) is 11.1 Å². The number of aromatic carboxylic acids is 1. The molecule has 1 heterocycles. The van der Waals surface area contributed by atoms with Gasteiger partial charge in [0, 0.05) is 42.6 Å². The Morgan fingerprint density at radius 2 is 1.51 bits per heavy atom. The zero-order chi connectivity index (χ0) is 27.1. The number of benzene rings is 2. The minimum atomic E-state index is -0.974. The first-order valence-corrected chi connectivity index (χ1v) is 13.1. The summed E-state index contributed by atoms with van der Waals surface area (Å²) in [6.07, 6.45) is 4.27. The number of hydrogen-bond acceptors (Lipinski definition) is 4. The number of likely N-dealkylation sites (tertiary alicyclic amines) is 1. The number of rotatable bonds is 5. The Hall–Kier alpha value is -2.81. The van der Waals surface area contributed by atoms with Crippen LogP contribution in [0.1, 0.15) is 48.0 Å². The molecule has 0 radical (unpaired) electrons. The Labute approximate surface area is 226 Å². The average molecular weight is 550 g/mol. The number of aliphatic hydroxyl groups excluding tert-OH is 1. The van der Waals surface area contributed by atoms with Crippen molar-refractivity contribution in [2.45, 2.75) is 50.7 Å². The van der Waals surface area contributed by atoms with Crippen molar-refractivity contribution >= 4 is 41.1 Å². The molecule has 10 heteroatoms. The van der Waals surface area contributed by atoms with E-state index < -0.39 is 5.97 Å². The van der Waals surface area contributed by atoms with Gasteiger partial charge in [-0.15, -0.1) is 0 Å². The van der Waals surface area contributed by atoms with Gasteiger partial charge >= 0.3 is 12.0 Å². The number of amides is 3. The molecule has 2 aliphatic rings. The van der Waals surface area contributed by atoms with Crippen molar-refractivity contribution in [1.29, 1.82) is 0 Å². The van der Waals surface area contributed by atoms with Crippen molar-refractivity contribution in [3.05, 3.63) is 57.6 Å². The first kappa shape index (κ1) is 28.8. The molecule has 200 valence electrons. The van der Waals surface area contributed by atoms with Gasteiger partial charge in [-0.25, -0.2) is 9.59 Å². The number of hydrogen-bond donors (Lipinski definition) is 4. The van der Waals surface area contributed by atoms with Gasteiger partial charge in [-0.05, 0) is 79.5 Å². The van der Waals surface area contributed by atoms with E-state index in [1.807, 2.05) is 17.0 Å². The second-order valence-corrected chi connectivity index (χ2v) is 10.1. The minimum Gasteiger partial charge on any atom is -0.478 e. The van der Waals surface area contributed by atoms with E-state index in [4.69, 9.17) is 28.3 Å². The van der Waals surface area contributed by atoms with E-state index in [1.165, 1.54) is 0 Å². The molecule has 4 N–H and O–H groups in total. The first-order chi connectivity index (χ1) is 17.6. The molecule has 0 aromatic heterocycles. The van der Waals surface area contributed by atoms with Crippen molar-refractivity contribution in [2.24, 2.45) is 5.92 Å². The van der Waals surface area contributed by atoms with Gasteiger partial charge in [0.2, 0.25) is 5.91 Å². The van der Waals surface area contributed by atoms with Crippen LogP contribution in [0.5, 0.6) is 0 Å². The molecule has 0 bridgehead atoms. The van der Waals surface area contributed by atoms with Crippen molar-refractivity contribution in [3.8, 4) is 11.1 Å². The second-order valence-electron chi connectivity index (χ2n) is 9.31. The number of halogens is 2. The highest BCUT2D eigenvalue weighted by atomic mass is 35.5. The van der Waals surface area contributed by atoms with Crippen LogP contribution >= 0.6 is 23.2 Å². The first-order valence-electron chi connectivity index (χ1n) is 12.3. The molecule has 8 nitrogen and oxygen atoms in total. The summed E-state index contributed by atoms with van der Waals surface area (Å²) in [5, 5.41) is 24.5. The molecular weight excluding hydrogens is 517 g/mol. The van der Waals surface area contributed by atoms with E-state index in [9.17, 15) is 19.5 Å². The van der Waals surface area contributed by atoms with Gasteiger partial charge in [-0.3, -0.25) is 4.79 Å². The molecule has 1 atom stereocenters. The molecule has 1 saturated carbocycles. The summed E-state index contributed by atoms with van der Waals surface area (Å²) in [5.74, 6) is -0.956. The summed E-state index contributed by atoms with van der Waals surface area (Å²) in [6.45, 7) is 0.744. The maximum atomic E-state index is 13.0. The van der Waals surface area contributed by atoms with Crippen molar-refractivity contribution < 1.29 is 24.6 Å². The van der Waals surface area contributed by atoms with Crippen LogP contribution in [-0.2, 0) is 11.2 Å². The Balaban J connectivity index is 0.000000568. The molecule has 1 saturated heterocycles. The summed E-state index contributed by atoms with van der Waals surface area (Å²) in [6, 6.07) is 10.2. The predicted molar refractivity (Wildman–Crippen MR) is 144 cm³/mol. The summed E-state index contributed by atoms with van der Waals surface area (Å²) in [5.41, 5.74) is 2.61. The van der Waals surface area contributed by atoms with Gasteiger partial charge in [0.15, 0.2) is 0 Å². The lowest BCUT2D eigenvalue weighted by Gasteiger charge is -2.33. The summed E-state index contributed by atoms with van der Waals surface area (Å²) in [7, 11) is 3.14. The Bertz CT molecular complexity index is 1090. The standard InChI is InChI=1S/C24H25Cl2NO4.C3H8N2O/c25-21-12-17(14-1-3-15(4-2-14)24(30)31)13-22(26)20(21)11-16-9-10-27(23(16)29)18-5-7-19(28)8-6-18;1-4-3(6)5-2/h1-4,12-13,16,18-19,28H,5-11H2,(H,30,31);1-2H3,(H2,4,5,6)/t16-,18?,19?;/m0./s1. The van der Waals surface area contributed by atoms with E-state index in [0.717, 1.165) is 55.3 Å². The molecule has 37 heavy (non-hydrogen) atoms. The molecular formula is C27H33Cl2N3O5. The van der Waals surface area contributed by atoms with Gasteiger partial charge in [0.1, 0.15) is 0 Å². The van der Waals surface area contributed by atoms with Crippen molar-refractivity contribution in [3.63, 3.8) is 0 Å². The van der Waals surface area contributed by atoms with Crippen LogP contribution in [0.4, 0.5) is 4.79 Å². The molecule has 0 spiro atoms. The van der Waals surface area contributed by atoms with Crippen LogP contribution in [0.2, 0.25) is 10.0 Å². The molecule has 2 aromatic rings. The fourth-order valence-corrected chi connectivity index (χ4v) is 5.47. The predicted octanol–water partition coefficient (Wildman–Crippen LogP) is 4.60. The van der Waals surface area contributed by atoms with E-state index in [0.29, 0.717) is 16.5 Å². The average Bonchev–Trinajstić information content (AvgIpc) is 3.26. The molecule has 0 unspecified atom stereocenters. The van der Waals surface area contributed by atoms with Crippen LogP contribution in [0, 0.1) is 5.92 Å². The molecule has 1 aliphatic carbocycles. The lowest BCUT2D eigenvalue weighted by molar-refractivity contribution is -0.133. The quantitative estimate of drug-likeness (QED) is 0.434. The third kappa shape index (κ3) is 7.37. The van der Waals surface area contributed by atoms with Gasteiger partial charge in [0.05, 0.1) is 11.7 Å². The third-order valence-corrected chi connectivity index (χ3v) is 7.64. The normalized spacial score (nSPS) is 21.2. The molecule has 1 aliphatic heterocycles. The summed E-state index contributed by atoms with van der Waals surface area (Å²) >= 11 is 13.1. The van der Waals surface area contributed by atoms with E-state index in [1.54, 1.807) is 38.4 Å². The highest BCUT2D eigenvalue weighted by molar-refractivity contribution is 6.36. The SMILES string of the molecule is CNC(=O)NC.O=C(O)c1ccc(-c2cc(Cl)c(C[C@@H]3CCN(C4CCC(O)CC4)C3=O)c(Cl)c2)cc1. The number of carbonyl (C=O) groups is 3. The monoisotopic (exact) mass is 549 g/mol. The van der Waals surface area contributed by atoms with Crippen LogP contribution in [-0.4, -0.2) is 65.8 Å². The Kier molecular flexibility index (Phi) is 10.2. The van der Waals surface area contributed by atoms with Crippen LogP contribution in [0.15, 0.2) is 36.4 Å². The zero-order valence-electron chi connectivity index (χ0n) is 21.0. The second kappa shape index (κ2) is 13.1.